The highest BCUT2D eigenvalue weighted by Crippen LogP contribution is 2.11. The number of hydrogen-bond donors (Lipinski definition) is 1. The normalized spacial score (nSPS) is 16.2. The van der Waals surface area contributed by atoms with E-state index in [1.807, 2.05) is 6.07 Å². The van der Waals surface area contributed by atoms with Gasteiger partial charge in [-0.15, -0.1) is 0 Å². The summed E-state index contributed by atoms with van der Waals surface area (Å²) < 4.78 is 9.82. The van der Waals surface area contributed by atoms with E-state index in [0.717, 1.165) is 25.1 Å². The van der Waals surface area contributed by atoms with Crippen LogP contribution in [0.2, 0.25) is 0 Å². The molecule has 5 heteroatoms. The van der Waals surface area contributed by atoms with Gasteiger partial charge in [-0.1, -0.05) is 6.42 Å². The van der Waals surface area contributed by atoms with E-state index in [0.29, 0.717) is 12.3 Å². The van der Waals surface area contributed by atoms with Gasteiger partial charge in [0, 0.05) is 12.1 Å². The summed E-state index contributed by atoms with van der Waals surface area (Å²) >= 11 is 0. The van der Waals surface area contributed by atoms with Crippen LogP contribution in [-0.2, 0) is 11.3 Å². The molecule has 112 valence electrons. The number of nitrogens with zero attached hydrogens (tertiary/aromatic N) is 1. The van der Waals surface area contributed by atoms with Crippen molar-refractivity contribution < 1.29 is 13.9 Å². The molecule has 0 radical (unpaired) electrons. The van der Waals surface area contributed by atoms with E-state index in [-0.39, 0.29) is 0 Å². The molecule has 0 unspecified atom stereocenters. The van der Waals surface area contributed by atoms with Crippen molar-refractivity contribution in [2.24, 2.45) is 0 Å². The molecule has 1 aliphatic heterocycles. The number of furan rings is 1. The Morgan fingerprint density at radius 1 is 1.40 bits per heavy atom. The highest BCUT2D eigenvalue weighted by Gasteiger charge is 2.15. The molecule has 0 bridgehead atoms. The molecule has 20 heavy (non-hydrogen) atoms. The predicted molar refractivity (Wildman–Crippen MR) is 76.7 cm³/mol. The van der Waals surface area contributed by atoms with Crippen LogP contribution in [0.5, 0.6) is 0 Å². The van der Waals surface area contributed by atoms with Crippen molar-refractivity contribution in [3.8, 4) is 0 Å². The largest absolute Gasteiger partial charge is 0.463 e. The summed E-state index contributed by atoms with van der Waals surface area (Å²) in [7, 11) is 1.36. The van der Waals surface area contributed by atoms with Gasteiger partial charge in [-0.2, -0.15) is 0 Å². The lowest BCUT2D eigenvalue weighted by atomic mass is 10.1. The second-order valence-corrected chi connectivity index (χ2v) is 5.20. The molecule has 1 N–H and O–H groups in total. The number of rotatable bonds is 7. The number of piperidine rings is 1. The van der Waals surface area contributed by atoms with Gasteiger partial charge >= 0.3 is 5.97 Å². The van der Waals surface area contributed by atoms with E-state index >= 15 is 0 Å². The first kappa shape index (κ1) is 15.1. The Morgan fingerprint density at radius 3 is 2.95 bits per heavy atom. The van der Waals surface area contributed by atoms with Crippen molar-refractivity contribution in [1.29, 1.82) is 0 Å². The Bertz CT molecular complexity index is 411. The van der Waals surface area contributed by atoms with Gasteiger partial charge < -0.3 is 19.4 Å². The van der Waals surface area contributed by atoms with Crippen LogP contribution in [0.1, 0.15) is 41.8 Å². The Kier molecular flexibility index (Phi) is 6.08. The molecular formula is C15H24N2O3. The molecule has 1 aromatic rings. The molecule has 2 rings (SSSR count). The van der Waals surface area contributed by atoms with Gasteiger partial charge in [0.25, 0.3) is 0 Å². The van der Waals surface area contributed by atoms with Crippen molar-refractivity contribution in [3.63, 3.8) is 0 Å². The van der Waals surface area contributed by atoms with Crippen LogP contribution in [0.15, 0.2) is 16.7 Å². The number of carbonyl (C=O) groups excluding carboxylic acids is 1. The van der Waals surface area contributed by atoms with Gasteiger partial charge in [0.1, 0.15) is 0 Å². The molecule has 0 amide bonds. The summed E-state index contributed by atoms with van der Waals surface area (Å²) in [6.45, 7) is 5.23. The maximum atomic E-state index is 11.4. The topological polar surface area (TPSA) is 54.7 Å². The molecule has 0 aliphatic carbocycles. The Hall–Kier alpha value is -1.33. The SMILES string of the molecule is COC(=O)c1occc1CNCCCN1CCCCC1. The summed E-state index contributed by atoms with van der Waals surface area (Å²) in [5.74, 6) is -0.115. The zero-order valence-corrected chi connectivity index (χ0v) is 12.2. The summed E-state index contributed by atoms with van der Waals surface area (Å²) in [5.41, 5.74) is 0.856. The number of ether oxygens (including phenoxy) is 1. The standard InChI is InChI=1S/C15H24N2O3/c1-19-15(18)14-13(6-11-20-14)12-16-7-5-10-17-8-3-2-4-9-17/h6,11,16H,2-5,7-10,12H2,1H3. The molecule has 0 aromatic carbocycles. The maximum absolute atomic E-state index is 11.4. The molecular weight excluding hydrogens is 256 g/mol. The van der Waals surface area contributed by atoms with Gasteiger partial charge in [-0.05, 0) is 51.5 Å². The monoisotopic (exact) mass is 280 g/mol. The van der Waals surface area contributed by atoms with Crippen LogP contribution >= 0.6 is 0 Å². The van der Waals surface area contributed by atoms with E-state index in [9.17, 15) is 4.79 Å². The number of nitrogens with one attached hydrogen (secondary N) is 1. The van der Waals surface area contributed by atoms with Crippen LogP contribution in [0.3, 0.4) is 0 Å². The summed E-state index contributed by atoms with van der Waals surface area (Å²) in [4.78, 5) is 14.0. The highest BCUT2D eigenvalue weighted by atomic mass is 16.5. The third-order valence-corrected chi connectivity index (χ3v) is 3.71. The van der Waals surface area contributed by atoms with Crippen molar-refractivity contribution in [3.05, 3.63) is 23.7 Å². The van der Waals surface area contributed by atoms with Crippen molar-refractivity contribution in [2.45, 2.75) is 32.2 Å². The van der Waals surface area contributed by atoms with E-state index < -0.39 is 5.97 Å². The van der Waals surface area contributed by atoms with Gasteiger partial charge in [0.15, 0.2) is 0 Å². The summed E-state index contributed by atoms with van der Waals surface area (Å²) in [6.07, 6.45) is 6.71. The third kappa shape index (κ3) is 4.35. The molecule has 0 saturated carbocycles. The second kappa shape index (κ2) is 8.07. The summed E-state index contributed by atoms with van der Waals surface area (Å²) in [6, 6.07) is 1.81. The minimum absolute atomic E-state index is 0.302. The van der Waals surface area contributed by atoms with Crippen LogP contribution in [0.25, 0.3) is 0 Å². The van der Waals surface area contributed by atoms with Gasteiger partial charge in [-0.25, -0.2) is 4.79 Å². The van der Waals surface area contributed by atoms with Crippen LogP contribution in [0, 0.1) is 0 Å². The van der Waals surface area contributed by atoms with Crippen molar-refractivity contribution >= 4 is 5.97 Å². The Balaban J connectivity index is 1.63. The van der Waals surface area contributed by atoms with Gasteiger partial charge in [-0.3, -0.25) is 0 Å². The average Bonchev–Trinajstić information content (AvgIpc) is 2.95. The molecule has 2 heterocycles. The Labute approximate surface area is 120 Å². The first-order valence-corrected chi connectivity index (χ1v) is 7.39. The van der Waals surface area contributed by atoms with Crippen LogP contribution in [-0.4, -0.2) is 44.2 Å². The molecule has 1 fully saturated rings. The minimum atomic E-state index is -0.417. The van der Waals surface area contributed by atoms with E-state index in [1.165, 1.54) is 45.7 Å². The van der Waals surface area contributed by atoms with E-state index in [4.69, 9.17) is 4.42 Å². The van der Waals surface area contributed by atoms with Crippen molar-refractivity contribution in [1.82, 2.24) is 10.2 Å². The molecule has 1 aliphatic rings. The molecule has 1 saturated heterocycles. The lowest BCUT2D eigenvalue weighted by Crippen LogP contribution is -2.32. The predicted octanol–water partition coefficient (Wildman–Crippen LogP) is 2.03. The fourth-order valence-electron chi connectivity index (χ4n) is 2.58. The maximum Gasteiger partial charge on any atom is 0.374 e. The summed E-state index contributed by atoms with van der Waals surface area (Å²) in [5, 5.41) is 3.35. The number of carbonyl (C=O) groups is 1. The zero-order chi connectivity index (χ0) is 14.2. The first-order chi connectivity index (χ1) is 9.81. The van der Waals surface area contributed by atoms with Crippen LogP contribution < -0.4 is 5.32 Å². The van der Waals surface area contributed by atoms with Gasteiger partial charge in [0.2, 0.25) is 5.76 Å². The smallest absolute Gasteiger partial charge is 0.374 e. The zero-order valence-electron chi connectivity index (χ0n) is 12.2. The quantitative estimate of drug-likeness (QED) is 0.612. The molecule has 5 nitrogen and oxygen atoms in total. The van der Waals surface area contributed by atoms with E-state index in [2.05, 4.69) is 15.0 Å². The molecule has 0 spiro atoms. The lowest BCUT2D eigenvalue weighted by molar-refractivity contribution is 0.0563. The fraction of sp³-hybridized carbons (Fsp3) is 0.667. The minimum Gasteiger partial charge on any atom is -0.463 e. The number of likely N-dealkylation sites (tertiary alicyclic amines) is 1. The molecule has 0 atom stereocenters. The highest BCUT2D eigenvalue weighted by molar-refractivity contribution is 5.87. The Morgan fingerprint density at radius 2 is 2.20 bits per heavy atom. The third-order valence-electron chi connectivity index (χ3n) is 3.71. The van der Waals surface area contributed by atoms with Gasteiger partial charge in [0.05, 0.1) is 13.4 Å². The van der Waals surface area contributed by atoms with Crippen molar-refractivity contribution in [2.75, 3.05) is 33.3 Å². The number of hydrogen-bond acceptors (Lipinski definition) is 5. The second-order valence-electron chi connectivity index (χ2n) is 5.20. The lowest BCUT2D eigenvalue weighted by Gasteiger charge is -2.26. The first-order valence-electron chi connectivity index (χ1n) is 7.39. The number of esters is 1. The fourth-order valence-corrected chi connectivity index (χ4v) is 2.58. The number of methoxy groups -OCH3 is 1. The van der Waals surface area contributed by atoms with Crippen LogP contribution in [0.4, 0.5) is 0 Å². The van der Waals surface area contributed by atoms with E-state index in [1.54, 1.807) is 0 Å². The average molecular weight is 280 g/mol. The molecule has 1 aromatic heterocycles.